The van der Waals surface area contributed by atoms with E-state index in [4.69, 9.17) is 21.9 Å². The Morgan fingerprint density at radius 3 is 2.19 bits per heavy atom. The molecule has 0 radical (unpaired) electrons. The van der Waals surface area contributed by atoms with Crippen molar-refractivity contribution in [3.63, 3.8) is 0 Å². The summed E-state index contributed by atoms with van der Waals surface area (Å²) in [6.07, 6.45) is -12.8. The SMILES string of the molecule is CC(C)(CC(=O)N(Cc1nn(CC(F)(F)F)c2c(-c3ccc(C#CC(C)(C)S(C)(=O)=O)nc3[C@H](Cc3cc(F)cc(F)c3)NC(=O)Cn3nc(C(F)(F)F)c4c3C(F)(F)[C@@H]3C[C@H]43)ccc(Cl)c12)S(=O)[O-])c1c(CC(=O)O)cc(C(N)=O)cc1OP(=O)(O)O. The van der Waals surface area contributed by atoms with Gasteiger partial charge in [-0.25, -0.2) is 26.7 Å². The van der Waals surface area contributed by atoms with Crippen LogP contribution in [0, 0.1) is 29.4 Å². The molecule has 3 aromatic carbocycles. The van der Waals surface area contributed by atoms with Crippen LogP contribution >= 0.6 is 19.4 Å². The Balaban J connectivity index is 1.30. The van der Waals surface area contributed by atoms with E-state index in [1.807, 2.05) is 0 Å². The number of phosphoric ester groups is 1. The summed E-state index contributed by atoms with van der Waals surface area (Å²) in [5.41, 5.74) is -4.85. The van der Waals surface area contributed by atoms with Crippen molar-refractivity contribution < 1.29 is 104 Å². The van der Waals surface area contributed by atoms with Gasteiger partial charge in [0.05, 0.1) is 52.2 Å². The van der Waals surface area contributed by atoms with Crippen molar-refractivity contribution in [3.8, 4) is 28.7 Å². The maximum atomic E-state index is 15.7. The summed E-state index contributed by atoms with van der Waals surface area (Å²) in [6, 6.07) is 6.12. The molecule has 2 aliphatic carbocycles. The van der Waals surface area contributed by atoms with Gasteiger partial charge >= 0.3 is 26.1 Å². The first-order valence-corrected chi connectivity index (χ1v) is 30.3. The van der Waals surface area contributed by atoms with E-state index in [0.29, 0.717) is 6.07 Å². The number of aliphatic carboxylic acids is 1. The number of carboxylic acids is 1. The van der Waals surface area contributed by atoms with Crippen LogP contribution < -0.4 is 15.6 Å². The lowest BCUT2D eigenvalue weighted by Gasteiger charge is -2.32. The molecule has 0 bridgehead atoms. The Kier molecular flexibility index (Phi) is 17.7. The van der Waals surface area contributed by atoms with Crippen LogP contribution in [0.4, 0.5) is 43.9 Å². The summed E-state index contributed by atoms with van der Waals surface area (Å²) in [5, 5.41) is 18.6. The number of pyridine rings is 1. The third kappa shape index (κ3) is 14.2. The van der Waals surface area contributed by atoms with Gasteiger partial charge < -0.3 is 25.2 Å². The monoisotopic (exact) mass is 1320 g/mol. The predicted molar refractivity (Wildman–Crippen MR) is 289 cm³/mol. The number of nitrogens with zero attached hydrogens (tertiary/aromatic N) is 6. The van der Waals surface area contributed by atoms with Gasteiger partial charge in [-0.3, -0.25) is 46.8 Å². The van der Waals surface area contributed by atoms with Gasteiger partial charge in [0.2, 0.25) is 17.7 Å². The molecule has 88 heavy (non-hydrogen) atoms. The summed E-state index contributed by atoms with van der Waals surface area (Å²) in [4.78, 5) is 77.1. The summed E-state index contributed by atoms with van der Waals surface area (Å²) in [7, 11) is -9.55. The number of alkyl halides is 8. The smallest absolute Gasteiger partial charge is 0.524 e. The summed E-state index contributed by atoms with van der Waals surface area (Å²) < 4.78 is 216. The third-order valence-corrected chi connectivity index (χ3v) is 17.8. The van der Waals surface area contributed by atoms with Crippen LogP contribution in [0.5, 0.6) is 5.75 Å². The number of fused-ring (bicyclic) bond motifs is 4. The van der Waals surface area contributed by atoms with Gasteiger partial charge in [-0.1, -0.05) is 37.4 Å². The Labute approximate surface area is 499 Å². The number of nitrogens with one attached hydrogen (secondary N) is 1. The van der Waals surface area contributed by atoms with Gasteiger partial charge in [-0.2, -0.15) is 45.3 Å². The second kappa shape index (κ2) is 23.5. The van der Waals surface area contributed by atoms with Crippen LogP contribution in [0.15, 0.2) is 54.6 Å². The van der Waals surface area contributed by atoms with Crippen molar-refractivity contribution in [2.24, 2.45) is 11.7 Å². The maximum Gasteiger partial charge on any atom is 0.524 e. The molecule has 0 aliphatic heterocycles. The number of carboxylic acid groups (broad SMARTS) is 1. The minimum absolute atomic E-state index is 0.0519. The molecule has 472 valence electrons. The average molecular weight is 1320 g/mol. The number of halogens is 11. The Hall–Kier alpha value is -7.47. The normalized spacial score (nSPS) is 16.5. The Morgan fingerprint density at radius 1 is 0.989 bits per heavy atom. The molecule has 0 spiro atoms. The molecule has 3 heterocycles. The van der Waals surface area contributed by atoms with Crippen LogP contribution in [-0.2, 0) is 90.0 Å². The van der Waals surface area contributed by atoms with Crippen LogP contribution in [-0.4, -0.2) is 102 Å². The lowest BCUT2D eigenvalue weighted by Crippen LogP contribution is -2.37. The van der Waals surface area contributed by atoms with Crippen molar-refractivity contribution in [1.29, 1.82) is 0 Å². The highest BCUT2D eigenvalue weighted by Gasteiger charge is 2.68. The molecule has 1 unspecified atom stereocenters. The highest BCUT2D eigenvalue weighted by atomic mass is 35.5. The highest BCUT2D eigenvalue weighted by molar-refractivity contribution is 7.92. The number of sulfone groups is 1. The van der Waals surface area contributed by atoms with Gasteiger partial charge in [0.15, 0.2) is 15.5 Å². The van der Waals surface area contributed by atoms with E-state index in [2.05, 4.69) is 32.3 Å². The fourth-order valence-electron chi connectivity index (χ4n) is 10.5. The zero-order chi connectivity index (χ0) is 65.5. The standard InChI is InChI=1S/C53H48ClF10N8O13PS2/c1-49(2,43-25(17-40(75)76)15-26(48(65)77)16-37(43)85-86(78,79)80)20-39(74)72(87(81)82)21-36-42-34(54)9-8-31(45(42)71(68-36)23-51(57,58)59)30-7-6-29(10-11-50(3,4)88(5,83)84)66-44(30)35(14-24-12-27(55)18-28(56)13-24)67-38(73)22-70-47-41(46(69-70)53(62,63)64)32-19-33(32)52(47,60)61/h6-9,12-13,15-16,18,32-33,35H,14,17,19-23H2,1-5H3,(H2,65,77)(H,67,73)(H,75,76)(H,81,82)(H2,78,79,80)/p-1/t32-,33+,35-/m0/s1. The van der Waals surface area contributed by atoms with E-state index < -0.39 is 222 Å². The van der Waals surface area contributed by atoms with Crippen LogP contribution in [0.1, 0.15) is 114 Å². The van der Waals surface area contributed by atoms with E-state index in [1.165, 1.54) is 27.7 Å². The van der Waals surface area contributed by atoms with Crippen molar-refractivity contribution in [2.75, 3.05) is 6.26 Å². The van der Waals surface area contributed by atoms with E-state index in [9.17, 15) is 90.9 Å². The lowest BCUT2D eigenvalue weighted by molar-refractivity contribution is -0.143. The number of hydrogen-bond donors (Lipinski definition) is 5. The number of benzene rings is 3. The first kappa shape index (κ1) is 66.5. The molecule has 3 aromatic heterocycles. The predicted octanol–water partition coefficient (Wildman–Crippen LogP) is 7.98. The molecule has 1 fully saturated rings. The third-order valence-electron chi connectivity index (χ3n) is 14.4. The van der Waals surface area contributed by atoms with Crippen molar-refractivity contribution in [3.05, 3.63) is 128 Å². The van der Waals surface area contributed by atoms with E-state index in [-0.39, 0.29) is 36.9 Å². The van der Waals surface area contributed by atoms with E-state index >= 15 is 8.78 Å². The lowest BCUT2D eigenvalue weighted by atomic mass is 9.77. The summed E-state index contributed by atoms with van der Waals surface area (Å²) >= 11 is 3.04. The second-order valence-electron chi connectivity index (χ2n) is 21.9. The second-order valence-corrected chi connectivity index (χ2v) is 26.9. The molecule has 3 amide bonds. The zero-order valence-corrected chi connectivity index (χ0v) is 49.3. The minimum atomic E-state index is -5.58. The van der Waals surface area contributed by atoms with Gasteiger partial charge in [0, 0.05) is 63.3 Å². The van der Waals surface area contributed by atoms with Gasteiger partial charge in [-0.15, -0.1) is 0 Å². The minimum Gasteiger partial charge on any atom is -0.755 e. The van der Waals surface area contributed by atoms with Gasteiger partial charge in [-0.05, 0) is 92.1 Å². The van der Waals surface area contributed by atoms with E-state index in [0.717, 1.165) is 54.8 Å². The Bertz CT molecular complexity index is 4140. The Morgan fingerprint density at radius 2 is 1.62 bits per heavy atom. The number of primary amides is 1. The fourth-order valence-corrected chi connectivity index (χ4v) is 11.8. The molecule has 35 heteroatoms. The maximum absolute atomic E-state index is 15.7. The van der Waals surface area contributed by atoms with Crippen molar-refractivity contribution in [2.45, 2.75) is 113 Å². The average Bonchev–Trinajstić information content (AvgIpc) is 1.56. The molecule has 0 saturated heterocycles. The molecule has 6 N–H and O–H groups in total. The largest absolute Gasteiger partial charge is 0.755 e. The van der Waals surface area contributed by atoms with Crippen LogP contribution in [0.3, 0.4) is 0 Å². The number of carbonyl (C=O) groups is 4. The first-order valence-electron chi connectivity index (χ1n) is 25.5. The molecular weight excluding hydrogens is 1280 g/mol. The molecule has 8 rings (SSSR count). The van der Waals surface area contributed by atoms with Gasteiger partial charge in [0.25, 0.3) is 5.92 Å². The number of rotatable bonds is 20. The number of nitrogens with two attached hydrogens (primary N) is 1. The molecule has 6 aromatic rings. The first-order chi connectivity index (χ1) is 40.4. The number of aromatic nitrogens is 5. The number of hydrogen-bond acceptors (Lipinski definition) is 13. The summed E-state index contributed by atoms with van der Waals surface area (Å²) in [5.74, 6) is -10.5. The molecule has 21 nitrogen and oxygen atoms in total. The number of carbonyl (C=O) groups excluding carboxylic acids is 3. The molecule has 2 aliphatic rings. The van der Waals surface area contributed by atoms with Crippen LogP contribution in [0.25, 0.3) is 22.0 Å². The number of phosphoric acid groups is 1. The van der Waals surface area contributed by atoms with Gasteiger partial charge in [0.1, 0.15) is 46.6 Å². The van der Waals surface area contributed by atoms with E-state index in [1.54, 1.807) is 0 Å². The van der Waals surface area contributed by atoms with Crippen molar-refractivity contribution in [1.82, 2.24) is 34.2 Å². The zero-order valence-electron chi connectivity index (χ0n) is 46.0. The summed E-state index contributed by atoms with van der Waals surface area (Å²) in [6.45, 7) is 0.110. The van der Waals surface area contributed by atoms with Crippen LogP contribution in [0.2, 0.25) is 5.02 Å². The number of amides is 3. The van der Waals surface area contributed by atoms with Crippen molar-refractivity contribution >= 4 is 75.1 Å². The molecule has 1 saturated carbocycles. The molecular formula is C53H47ClF10N8O13PS2-. The highest BCUT2D eigenvalue weighted by Crippen LogP contribution is 2.68. The quantitative estimate of drug-likeness (QED) is 0.0209. The topological polar surface area (TPSA) is 319 Å². The molecule has 4 atom stereocenters. The fraction of sp³-hybridized carbons (Fsp3) is 0.377.